The number of Topliss-reactive ketones (excluding diaryl/α,β-unsaturated/α-hetero) is 1. The minimum Gasteiger partial charge on any atom is -0.285 e. The molecule has 1 aliphatic carbocycles. The van der Waals surface area contributed by atoms with Crippen LogP contribution >= 0.6 is 0 Å². The molecule has 0 aromatic rings. The Balaban J connectivity index is 2.54. The number of hydrogen-bond donors (Lipinski definition) is 0. The lowest BCUT2D eigenvalue weighted by molar-refractivity contribution is -0.113. The first-order valence-corrected chi connectivity index (χ1v) is 5.42. The molecule has 0 fully saturated rings. The Bertz CT molecular complexity index is 334. The largest absolute Gasteiger partial charge is 0.285 e. The second-order valence-electron chi connectivity index (χ2n) is 3.46. The highest BCUT2D eigenvalue weighted by Gasteiger charge is 1.95. The van der Waals surface area contributed by atoms with Gasteiger partial charge in [-0.25, -0.2) is 0 Å². The van der Waals surface area contributed by atoms with E-state index in [1.54, 1.807) is 6.08 Å². The molecule has 0 saturated heterocycles. The van der Waals surface area contributed by atoms with E-state index in [1.165, 1.54) is 0 Å². The molecule has 0 spiro atoms. The summed E-state index contributed by atoms with van der Waals surface area (Å²) in [5, 5.41) is 0. The van der Waals surface area contributed by atoms with Gasteiger partial charge in [-0.3, -0.25) is 4.79 Å². The normalized spacial score (nSPS) is 24.4. The van der Waals surface area contributed by atoms with Gasteiger partial charge in [0.15, 0.2) is 0 Å². The van der Waals surface area contributed by atoms with Crippen molar-refractivity contribution in [2.24, 2.45) is 0 Å². The molecule has 1 rings (SSSR count). The lowest BCUT2D eigenvalue weighted by atomic mass is 10.1. The fourth-order valence-electron chi connectivity index (χ4n) is 1.32. The summed E-state index contributed by atoms with van der Waals surface area (Å²) in [7, 11) is 0. The van der Waals surface area contributed by atoms with E-state index in [2.05, 4.69) is 24.0 Å². The van der Waals surface area contributed by atoms with Crippen LogP contribution in [0.15, 0.2) is 36.5 Å². The molecule has 78 valence electrons. The lowest BCUT2D eigenvalue weighted by Crippen LogP contribution is -1.92. The molecule has 1 aliphatic rings. The first-order valence-electron chi connectivity index (χ1n) is 5.42. The highest BCUT2D eigenvalue weighted by Crippen LogP contribution is 2.04. The quantitative estimate of drug-likeness (QED) is 0.433. The van der Waals surface area contributed by atoms with Crippen molar-refractivity contribution in [1.82, 2.24) is 0 Å². The van der Waals surface area contributed by atoms with Gasteiger partial charge < -0.3 is 0 Å². The van der Waals surface area contributed by atoms with Crippen LogP contribution in [0.25, 0.3) is 0 Å². The van der Waals surface area contributed by atoms with Crippen molar-refractivity contribution in [2.45, 2.75) is 32.1 Å². The van der Waals surface area contributed by atoms with Crippen molar-refractivity contribution >= 4 is 5.78 Å². The summed E-state index contributed by atoms with van der Waals surface area (Å²) in [6, 6.07) is 0. The third-order valence-corrected chi connectivity index (χ3v) is 2.14. The van der Waals surface area contributed by atoms with Crippen LogP contribution < -0.4 is 0 Å². The summed E-state index contributed by atoms with van der Waals surface area (Å²) >= 11 is 0. The summed E-state index contributed by atoms with van der Waals surface area (Å²) in [6.45, 7) is 0. The van der Waals surface area contributed by atoms with E-state index < -0.39 is 0 Å². The van der Waals surface area contributed by atoms with Gasteiger partial charge in [-0.05, 0) is 31.3 Å². The average Bonchev–Trinajstić information content (AvgIpc) is 2.24. The van der Waals surface area contributed by atoms with Gasteiger partial charge in [0.2, 0.25) is 5.78 Å². The van der Waals surface area contributed by atoms with Crippen molar-refractivity contribution < 1.29 is 4.79 Å². The molecule has 0 N–H and O–H groups in total. The van der Waals surface area contributed by atoms with Crippen molar-refractivity contribution in [1.29, 1.82) is 0 Å². The Morgan fingerprint density at radius 1 is 1.00 bits per heavy atom. The molecule has 0 heterocycles. The maximum Gasteiger partial charge on any atom is 0.205 e. The van der Waals surface area contributed by atoms with Crippen LogP contribution in [0.2, 0.25) is 0 Å². The van der Waals surface area contributed by atoms with Gasteiger partial charge >= 0.3 is 0 Å². The zero-order chi connectivity index (χ0) is 10.8. The second-order valence-corrected chi connectivity index (χ2v) is 3.46. The van der Waals surface area contributed by atoms with Gasteiger partial charge in [0.25, 0.3) is 0 Å². The minimum absolute atomic E-state index is 0.0521. The highest BCUT2D eigenvalue weighted by atomic mass is 16.1. The summed E-state index contributed by atoms with van der Waals surface area (Å²) in [6.07, 6.45) is 16.6. The zero-order valence-corrected chi connectivity index (χ0v) is 8.91. The van der Waals surface area contributed by atoms with E-state index in [-0.39, 0.29) is 5.78 Å². The number of carbonyl (C=O) groups is 1. The van der Waals surface area contributed by atoms with Gasteiger partial charge in [-0.15, -0.1) is 0 Å². The minimum atomic E-state index is 0.0521. The molecule has 0 amide bonds. The van der Waals surface area contributed by atoms with Crippen LogP contribution in [-0.4, -0.2) is 5.78 Å². The standard InChI is InChI=1S/C14H16O/c15-14-12-10-8-6-4-2-1-3-5-7-9-11-13-14/h1-4,6,8H,5,7,9,11,13H2/b3-1-,4-2-,8-6-. The summed E-state index contributed by atoms with van der Waals surface area (Å²) < 4.78 is 0. The number of rotatable bonds is 0. The van der Waals surface area contributed by atoms with Crippen molar-refractivity contribution in [2.75, 3.05) is 0 Å². The van der Waals surface area contributed by atoms with Gasteiger partial charge in [-0.2, -0.15) is 0 Å². The smallest absolute Gasteiger partial charge is 0.205 e. The second kappa shape index (κ2) is 7.82. The fraction of sp³-hybridized carbons (Fsp3) is 0.357. The van der Waals surface area contributed by atoms with Gasteiger partial charge in [-0.1, -0.05) is 42.7 Å². The van der Waals surface area contributed by atoms with Crippen LogP contribution in [-0.2, 0) is 4.79 Å². The Hall–Kier alpha value is -1.55. The fourth-order valence-corrected chi connectivity index (χ4v) is 1.32. The molecule has 0 aromatic carbocycles. The van der Waals surface area contributed by atoms with Crippen LogP contribution in [0.4, 0.5) is 0 Å². The van der Waals surface area contributed by atoms with E-state index in [0.717, 1.165) is 25.7 Å². The van der Waals surface area contributed by atoms with Crippen molar-refractivity contribution in [3.05, 3.63) is 36.5 Å². The lowest BCUT2D eigenvalue weighted by Gasteiger charge is -1.95. The molecule has 0 aliphatic heterocycles. The van der Waals surface area contributed by atoms with Gasteiger partial charge in [0, 0.05) is 6.42 Å². The SMILES string of the molecule is O=C1C#C\C=C/C=C\C=C/CCCCC1. The molecule has 15 heavy (non-hydrogen) atoms. The molecule has 0 bridgehead atoms. The van der Waals surface area contributed by atoms with E-state index in [4.69, 9.17) is 0 Å². The number of hydrogen-bond acceptors (Lipinski definition) is 1. The van der Waals surface area contributed by atoms with Crippen molar-refractivity contribution in [3.63, 3.8) is 0 Å². The first-order chi connectivity index (χ1) is 7.39. The highest BCUT2D eigenvalue weighted by molar-refractivity contribution is 5.95. The number of carbonyl (C=O) groups excluding carboxylic acids is 1. The van der Waals surface area contributed by atoms with E-state index in [9.17, 15) is 4.79 Å². The maximum atomic E-state index is 11.2. The molecular weight excluding hydrogens is 184 g/mol. The molecule has 0 aromatic heterocycles. The van der Waals surface area contributed by atoms with Crippen LogP contribution in [0.3, 0.4) is 0 Å². The molecule has 1 heteroatoms. The molecular formula is C14H16O. The van der Waals surface area contributed by atoms with Gasteiger partial charge in [0.05, 0.1) is 0 Å². The molecule has 0 radical (unpaired) electrons. The Morgan fingerprint density at radius 2 is 1.87 bits per heavy atom. The Morgan fingerprint density at radius 3 is 2.80 bits per heavy atom. The third kappa shape index (κ3) is 6.51. The molecule has 0 atom stereocenters. The third-order valence-electron chi connectivity index (χ3n) is 2.14. The Kier molecular flexibility index (Phi) is 6.01. The monoisotopic (exact) mass is 200 g/mol. The van der Waals surface area contributed by atoms with Crippen LogP contribution in [0.5, 0.6) is 0 Å². The van der Waals surface area contributed by atoms with E-state index in [1.807, 2.05) is 18.2 Å². The Labute approximate surface area is 91.6 Å². The van der Waals surface area contributed by atoms with E-state index >= 15 is 0 Å². The molecule has 0 saturated carbocycles. The molecule has 1 nitrogen and oxygen atoms in total. The maximum absolute atomic E-state index is 11.2. The predicted molar refractivity (Wildman–Crippen MR) is 63.3 cm³/mol. The van der Waals surface area contributed by atoms with Crippen molar-refractivity contribution in [3.8, 4) is 11.8 Å². The average molecular weight is 200 g/mol. The first kappa shape index (κ1) is 11.5. The van der Waals surface area contributed by atoms with Crippen LogP contribution in [0, 0.1) is 11.8 Å². The zero-order valence-electron chi connectivity index (χ0n) is 8.91. The van der Waals surface area contributed by atoms with Crippen LogP contribution in [0.1, 0.15) is 32.1 Å². The molecule has 0 unspecified atom stereocenters. The van der Waals surface area contributed by atoms with E-state index in [0.29, 0.717) is 6.42 Å². The van der Waals surface area contributed by atoms with Gasteiger partial charge in [0.1, 0.15) is 0 Å². The summed E-state index contributed by atoms with van der Waals surface area (Å²) in [5.74, 6) is 5.39. The topological polar surface area (TPSA) is 17.1 Å². The summed E-state index contributed by atoms with van der Waals surface area (Å²) in [5.41, 5.74) is 0. The predicted octanol–water partition coefficient (Wildman–Crippen LogP) is 3.19. The summed E-state index contributed by atoms with van der Waals surface area (Å²) in [4.78, 5) is 11.2. The number of ketones is 1. The number of allylic oxidation sites excluding steroid dienone is 6.